The third kappa shape index (κ3) is 4.71. The molecule has 1 N–H and O–H groups in total. The van der Waals surface area contributed by atoms with Crippen molar-refractivity contribution in [2.45, 2.75) is 0 Å². The van der Waals surface area contributed by atoms with Crippen LogP contribution in [-0.2, 0) is 14.4 Å². The maximum absolute atomic E-state index is 11.2. The fourth-order valence-corrected chi connectivity index (χ4v) is 1.08. The number of benzene rings is 1. The predicted octanol–water partition coefficient (Wildman–Crippen LogP) is 0.726. The van der Waals surface area contributed by atoms with Crippen molar-refractivity contribution >= 4 is 5.91 Å². The van der Waals surface area contributed by atoms with Crippen molar-refractivity contribution in [3.05, 3.63) is 24.3 Å². The normalized spacial score (nSPS) is 9.76. The van der Waals surface area contributed by atoms with E-state index in [1.165, 1.54) is 14.2 Å². The number of hydroxylamine groups is 1. The molecular weight excluding hydrogens is 226 g/mol. The molecule has 0 heterocycles. The van der Waals surface area contributed by atoms with Crippen LogP contribution >= 0.6 is 0 Å². The number of ether oxygens (including phenoxy) is 3. The summed E-state index contributed by atoms with van der Waals surface area (Å²) in [6, 6.07) is 7.06. The average Bonchev–Trinajstić information content (AvgIpc) is 2.37. The summed E-state index contributed by atoms with van der Waals surface area (Å²) in [6.07, 6.45) is 0. The molecule has 6 nitrogen and oxygen atoms in total. The van der Waals surface area contributed by atoms with Crippen molar-refractivity contribution < 1.29 is 23.8 Å². The maximum Gasteiger partial charge on any atom is 0.281 e. The number of carbonyl (C=O) groups excluding carboxylic acids is 1. The fourth-order valence-electron chi connectivity index (χ4n) is 1.08. The minimum absolute atomic E-state index is 0.0135. The first kappa shape index (κ1) is 13.3. The molecule has 17 heavy (non-hydrogen) atoms. The maximum atomic E-state index is 11.2. The van der Waals surface area contributed by atoms with E-state index in [1.807, 2.05) is 6.07 Å². The Morgan fingerprint density at radius 3 is 2.59 bits per heavy atom. The fraction of sp³-hybridized carbons (Fsp3) is 0.364. The molecule has 0 radical (unpaired) electrons. The highest BCUT2D eigenvalue weighted by Gasteiger charge is 2.06. The smallest absolute Gasteiger partial charge is 0.281 e. The molecular formula is C11H15NO5. The average molecular weight is 241 g/mol. The van der Waals surface area contributed by atoms with Gasteiger partial charge in [0, 0.05) is 7.11 Å². The van der Waals surface area contributed by atoms with Crippen LogP contribution in [0.15, 0.2) is 24.3 Å². The molecule has 0 aliphatic carbocycles. The summed E-state index contributed by atoms with van der Waals surface area (Å²) in [5.41, 5.74) is 2.16. The van der Waals surface area contributed by atoms with Gasteiger partial charge in [0.15, 0.2) is 24.9 Å². The quantitative estimate of drug-likeness (QED) is 0.433. The van der Waals surface area contributed by atoms with E-state index in [9.17, 15) is 4.79 Å². The highest BCUT2D eigenvalue weighted by Crippen LogP contribution is 2.25. The first-order valence-electron chi connectivity index (χ1n) is 4.93. The van der Waals surface area contributed by atoms with Crippen molar-refractivity contribution in [3.8, 4) is 11.5 Å². The topological polar surface area (TPSA) is 66.0 Å². The molecule has 1 amide bonds. The first-order valence-corrected chi connectivity index (χ1v) is 4.93. The van der Waals surface area contributed by atoms with Gasteiger partial charge in [-0.25, -0.2) is 10.3 Å². The Balaban J connectivity index is 2.36. The molecule has 0 aliphatic rings. The van der Waals surface area contributed by atoms with E-state index in [-0.39, 0.29) is 13.4 Å². The van der Waals surface area contributed by atoms with E-state index >= 15 is 0 Å². The van der Waals surface area contributed by atoms with E-state index < -0.39 is 5.91 Å². The minimum atomic E-state index is -0.409. The second-order valence-electron chi connectivity index (χ2n) is 3.02. The van der Waals surface area contributed by atoms with Gasteiger partial charge in [0.25, 0.3) is 5.91 Å². The van der Waals surface area contributed by atoms with Gasteiger partial charge in [0.05, 0.1) is 7.11 Å². The summed E-state index contributed by atoms with van der Waals surface area (Å²) >= 11 is 0. The molecule has 0 unspecified atom stereocenters. The molecule has 0 spiro atoms. The number of para-hydroxylation sites is 2. The molecule has 0 aliphatic heterocycles. The third-order valence-corrected chi connectivity index (χ3v) is 1.79. The van der Waals surface area contributed by atoms with Gasteiger partial charge in [0.2, 0.25) is 0 Å². The molecule has 0 saturated heterocycles. The van der Waals surface area contributed by atoms with Crippen LogP contribution in [0.25, 0.3) is 0 Å². The lowest BCUT2D eigenvalue weighted by Gasteiger charge is -2.10. The van der Waals surface area contributed by atoms with Gasteiger partial charge >= 0.3 is 0 Å². The van der Waals surface area contributed by atoms with Gasteiger partial charge in [-0.3, -0.25) is 4.79 Å². The van der Waals surface area contributed by atoms with E-state index in [2.05, 4.69) is 15.1 Å². The van der Waals surface area contributed by atoms with Crippen LogP contribution in [0.4, 0.5) is 0 Å². The number of methoxy groups -OCH3 is 2. The number of rotatable bonds is 7. The number of nitrogens with one attached hydrogen (secondary N) is 1. The molecule has 1 rings (SSSR count). The highest BCUT2D eigenvalue weighted by atomic mass is 16.8. The Morgan fingerprint density at radius 1 is 1.24 bits per heavy atom. The van der Waals surface area contributed by atoms with Crippen LogP contribution < -0.4 is 15.0 Å². The SMILES string of the molecule is COCONC(=O)COc1ccccc1OC. The summed E-state index contributed by atoms with van der Waals surface area (Å²) in [5, 5.41) is 0. The van der Waals surface area contributed by atoms with Crippen molar-refractivity contribution in [1.82, 2.24) is 5.48 Å². The zero-order valence-electron chi connectivity index (χ0n) is 9.76. The summed E-state index contributed by atoms with van der Waals surface area (Å²) in [5.74, 6) is 0.656. The molecule has 0 bridgehead atoms. The standard InChI is InChI=1S/C11H15NO5/c1-14-8-17-12-11(13)7-16-10-6-4-3-5-9(10)15-2/h3-6H,7-8H2,1-2H3,(H,12,13). The zero-order chi connectivity index (χ0) is 12.5. The monoisotopic (exact) mass is 241 g/mol. The van der Waals surface area contributed by atoms with Crippen LogP contribution in [0.5, 0.6) is 11.5 Å². The van der Waals surface area contributed by atoms with Gasteiger partial charge in [-0.15, -0.1) is 0 Å². The van der Waals surface area contributed by atoms with Gasteiger partial charge < -0.3 is 14.2 Å². The van der Waals surface area contributed by atoms with Crippen molar-refractivity contribution in [2.75, 3.05) is 27.6 Å². The van der Waals surface area contributed by atoms with Crippen LogP contribution in [-0.4, -0.2) is 33.5 Å². The van der Waals surface area contributed by atoms with Gasteiger partial charge in [-0.2, -0.15) is 0 Å². The minimum Gasteiger partial charge on any atom is -0.493 e. The van der Waals surface area contributed by atoms with Crippen molar-refractivity contribution in [2.24, 2.45) is 0 Å². The van der Waals surface area contributed by atoms with Gasteiger partial charge in [0.1, 0.15) is 0 Å². The Bertz CT molecular complexity index is 355. The Morgan fingerprint density at radius 2 is 1.94 bits per heavy atom. The molecule has 0 saturated carbocycles. The number of hydrogen-bond acceptors (Lipinski definition) is 5. The van der Waals surface area contributed by atoms with E-state index in [0.29, 0.717) is 11.5 Å². The molecule has 1 aromatic rings. The van der Waals surface area contributed by atoms with Gasteiger partial charge in [-0.05, 0) is 12.1 Å². The number of hydrogen-bond donors (Lipinski definition) is 1. The molecule has 94 valence electrons. The van der Waals surface area contributed by atoms with E-state index in [1.54, 1.807) is 18.2 Å². The Hall–Kier alpha value is -1.79. The summed E-state index contributed by atoms with van der Waals surface area (Å²) in [4.78, 5) is 15.9. The molecule has 0 atom stereocenters. The number of carbonyl (C=O) groups is 1. The van der Waals surface area contributed by atoms with Crippen LogP contribution in [0.3, 0.4) is 0 Å². The molecule has 0 aromatic heterocycles. The van der Waals surface area contributed by atoms with E-state index in [0.717, 1.165) is 0 Å². The lowest BCUT2D eigenvalue weighted by atomic mass is 10.3. The third-order valence-electron chi connectivity index (χ3n) is 1.79. The van der Waals surface area contributed by atoms with Gasteiger partial charge in [-0.1, -0.05) is 12.1 Å². The second-order valence-corrected chi connectivity index (χ2v) is 3.02. The molecule has 6 heteroatoms. The van der Waals surface area contributed by atoms with Crippen molar-refractivity contribution in [3.63, 3.8) is 0 Å². The van der Waals surface area contributed by atoms with Crippen LogP contribution in [0, 0.1) is 0 Å². The number of amides is 1. The summed E-state index contributed by atoms with van der Waals surface area (Å²) < 4.78 is 14.9. The highest BCUT2D eigenvalue weighted by molar-refractivity contribution is 5.76. The lowest BCUT2D eigenvalue weighted by molar-refractivity contribution is -0.146. The Kier molecular flexibility index (Phi) is 5.84. The largest absolute Gasteiger partial charge is 0.493 e. The van der Waals surface area contributed by atoms with E-state index in [4.69, 9.17) is 9.47 Å². The Labute approximate surface area is 99.4 Å². The first-order chi connectivity index (χ1) is 8.27. The molecule has 1 aromatic carbocycles. The lowest BCUT2D eigenvalue weighted by Crippen LogP contribution is -2.29. The van der Waals surface area contributed by atoms with Crippen LogP contribution in [0.1, 0.15) is 0 Å². The summed E-state index contributed by atoms with van der Waals surface area (Å²) in [7, 11) is 2.99. The summed E-state index contributed by atoms with van der Waals surface area (Å²) in [6.45, 7) is -0.176. The van der Waals surface area contributed by atoms with Crippen LogP contribution in [0.2, 0.25) is 0 Å². The zero-order valence-corrected chi connectivity index (χ0v) is 9.76. The second kappa shape index (κ2) is 7.48. The molecule has 0 fully saturated rings. The predicted molar refractivity (Wildman–Crippen MR) is 59.6 cm³/mol. The van der Waals surface area contributed by atoms with Crippen molar-refractivity contribution in [1.29, 1.82) is 0 Å².